The third-order valence-electron chi connectivity index (χ3n) is 3.83. The number of hydrogen-bond acceptors (Lipinski definition) is 3. The molecular weight excluding hydrogens is 237 g/mol. The van der Waals surface area contributed by atoms with Gasteiger partial charge in [-0.1, -0.05) is 0 Å². The van der Waals surface area contributed by atoms with Crippen molar-refractivity contribution in [3.63, 3.8) is 0 Å². The average molecular weight is 259 g/mol. The summed E-state index contributed by atoms with van der Waals surface area (Å²) in [5.74, 6) is -0.243. The summed E-state index contributed by atoms with van der Waals surface area (Å²) in [6, 6.07) is -0.556. The lowest BCUT2D eigenvalue weighted by atomic mass is 9.73. The summed E-state index contributed by atoms with van der Waals surface area (Å²) in [6.07, 6.45) is 0.597. The first kappa shape index (κ1) is 13.6. The van der Waals surface area contributed by atoms with Gasteiger partial charge in [-0.15, -0.1) is 0 Å². The van der Waals surface area contributed by atoms with Crippen molar-refractivity contribution in [2.45, 2.75) is 63.9 Å². The molecular formula is C13H22FNO3. The van der Waals surface area contributed by atoms with Gasteiger partial charge in [0, 0.05) is 12.0 Å². The molecule has 1 saturated carbocycles. The topological polar surface area (TPSA) is 49.8 Å². The molecule has 4 atom stereocenters. The Balaban J connectivity index is 2.14. The minimum Gasteiger partial charge on any atom is -0.444 e. The molecule has 104 valence electrons. The minimum absolute atomic E-state index is 0.128. The maximum absolute atomic E-state index is 13.8. The van der Waals surface area contributed by atoms with Gasteiger partial charge < -0.3 is 9.84 Å². The molecule has 2 heterocycles. The van der Waals surface area contributed by atoms with Gasteiger partial charge in [0.25, 0.3) is 0 Å². The molecule has 1 N–H and O–H groups in total. The second-order valence-electron chi connectivity index (χ2n) is 6.28. The summed E-state index contributed by atoms with van der Waals surface area (Å²) in [7, 11) is 0. The van der Waals surface area contributed by atoms with E-state index in [2.05, 4.69) is 0 Å². The molecule has 2 aliphatic heterocycles. The molecule has 1 aliphatic carbocycles. The zero-order valence-electron chi connectivity index (χ0n) is 11.2. The van der Waals surface area contributed by atoms with E-state index in [-0.39, 0.29) is 18.6 Å². The fourth-order valence-electron chi connectivity index (χ4n) is 3.10. The number of aliphatic hydroxyl groups is 1. The summed E-state index contributed by atoms with van der Waals surface area (Å²) < 4.78 is 19.2. The number of carbonyl (C=O) groups excluding carboxylic acids is 1. The lowest BCUT2D eigenvalue weighted by Gasteiger charge is -2.51. The van der Waals surface area contributed by atoms with Crippen LogP contribution in [0, 0.1) is 5.92 Å². The number of ether oxygens (including phenoxy) is 1. The molecule has 18 heavy (non-hydrogen) atoms. The standard InChI is InChI=1S/C13H22FNO3/c1-13(2,3)18-12(17)15-8-4-5-9(10(14)6-8)11(15)7-16/h8-11,16H,4-7H2,1-3H3. The highest BCUT2D eigenvalue weighted by Gasteiger charge is 2.50. The summed E-state index contributed by atoms with van der Waals surface area (Å²) in [5, 5.41) is 9.43. The number of amides is 1. The Morgan fingerprint density at radius 3 is 2.61 bits per heavy atom. The van der Waals surface area contributed by atoms with Crippen molar-refractivity contribution in [3.8, 4) is 0 Å². The maximum Gasteiger partial charge on any atom is 0.410 e. The number of hydrogen-bond donors (Lipinski definition) is 1. The van der Waals surface area contributed by atoms with E-state index < -0.39 is 23.9 Å². The van der Waals surface area contributed by atoms with Crippen molar-refractivity contribution in [2.75, 3.05) is 6.61 Å². The highest BCUT2D eigenvalue weighted by atomic mass is 19.1. The number of halogens is 1. The quantitative estimate of drug-likeness (QED) is 0.784. The maximum atomic E-state index is 13.8. The molecule has 3 rings (SSSR count). The van der Waals surface area contributed by atoms with E-state index in [0.29, 0.717) is 6.42 Å². The lowest BCUT2D eigenvalue weighted by molar-refractivity contribution is -0.0821. The Morgan fingerprint density at radius 2 is 2.11 bits per heavy atom. The lowest BCUT2D eigenvalue weighted by Crippen LogP contribution is -2.63. The van der Waals surface area contributed by atoms with Crippen molar-refractivity contribution in [3.05, 3.63) is 0 Å². The molecule has 2 saturated heterocycles. The molecule has 0 spiro atoms. The zero-order chi connectivity index (χ0) is 13.5. The van der Waals surface area contributed by atoms with E-state index in [1.807, 2.05) is 0 Å². The fourth-order valence-corrected chi connectivity index (χ4v) is 3.10. The van der Waals surface area contributed by atoms with Crippen LogP contribution in [-0.4, -0.2) is 46.6 Å². The first-order valence-corrected chi connectivity index (χ1v) is 6.59. The average Bonchev–Trinajstić information content (AvgIpc) is 2.25. The van der Waals surface area contributed by atoms with E-state index in [1.54, 1.807) is 25.7 Å². The van der Waals surface area contributed by atoms with Crippen LogP contribution in [0.3, 0.4) is 0 Å². The Hall–Kier alpha value is -0.840. The van der Waals surface area contributed by atoms with Crippen LogP contribution in [0.15, 0.2) is 0 Å². The monoisotopic (exact) mass is 259 g/mol. The van der Waals surface area contributed by atoms with E-state index in [1.165, 1.54) is 0 Å². The van der Waals surface area contributed by atoms with Gasteiger partial charge in [0.05, 0.1) is 12.6 Å². The van der Waals surface area contributed by atoms with Crippen LogP contribution in [0.1, 0.15) is 40.0 Å². The SMILES string of the molecule is CC(C)(C)OC(=O)N1C2CCC(C(F)C2)C1CO. The second kappa shape index (κ2) is 4.68. The molecule has 0 radical (unpaired) electrons. The zero-order valence-corrected chi connectivity index (χ0v) is 11.2. The molecule has 4 nitrogen and oxygen atoms in total. The molecule has 0 aromatic rings. The number of aliphatic hydroxyl groups excluding tert-OH is 1. The van der Waals surface area contributed by atoms with Crippen molar-refractivity contribution in [1.82, 2.24) is 4.90 Å². The number of alkyl halides is 1. The number of carbonyl (C=O) groups is 1. The predicted octanol–water partition coefficient (Wildman–Crippen LogP) is 2.10. The molecule has 2 bridgehead atoms. The number of rotatable bonds is 1. The smallest absolute Gasteiger partial charge is 0.410 e. The van der Waals surface area contributed by atoms with Gasteiger partial charge in [-0.25, -0.2) is 9.18 Å². The van der Waals surface area contributed by atoms with Crippen LogP contribution in [-0.2, 0) is 4.74 Å². The molecule has 3 aliphatic rings. The predicted molar refractivity (Wildman–Crippen MR) is 65.0 cm³/mol. The van der Waals surface area contributed by atoms with E-state index in [9.17, 15) is 14.3 Å². The molecule has 1 amide bonds. The first-order chi connectivity index (χ1) is 8.33. The van der Waals surface area contributed by atoms with Crippen LogP contribution >= 0.6 is 0 Å². The number of piperidine rings is 2. The van der Waals surface area contributed by atoms with Crippen LogP contribution in [0.25, 0.3) is 0 Å². The molecule has 4 unspecified atom stereocenters. The Labute approximate surface area is 107 Å². The van der Waals surface area contributed by atoms with Crippen molar-refractivity contribution in [2.24, 2.45) is 5.92 Å². The minimum atomic E-state index is -0.903. The summed E-state index contributed by atoms with van der Waals surface area (Å²) in [4.78, 5) is 13.7. The first-order valence-electron chi connectivity index (χ1n) is 6.59. The van der Waals surface area contributed by atoms with Crippen LogP contribution in [0.5, 0.6) is 0 Å². The van der Waals surface area contributed by atoms with Gasteiger partial charge in [0.15, 0.2) is 0 Å². The van der Waals surface area contributed by atoms with Crippen LogP contribution in [0.4, 0.5) is 9.18 Å². The summed E-state index contributed by atoms with van der Waals surface area (Å²) in [5.41, 5.74) is -0.567. The van der Waals surface area contributed by atoms with Crippen LogP contribution < -0.4 is 0 Å². The van der Waals surface area contributed by atoms with E-state index in [4.69, 9.17) is 4.74 Å². The Kier molecular flexibility index (Phi) is 3.54. The van der Waals surface area contributed by atoms with Gasteiger partial charge in [-0.2, -0.15) is 0 Å². The highest BCUT2D eigenvalue weighted by Crippen LogP contribution is 2.41. The molecule has 0 aromatic heterocycles. The third kappa shape index (κ3) is 2.46. The highest BCUT2D eigenvalue weighted by molar-refractivity contribution is 5.69. The van der Waals surface area contributed by atoms with Crippen molar-refractivity contribution < 1.29 is 19.0 Å². The van der Waals surface area contributed by atoms with E-state index >= 15 is 0 Å². The van der Waals surface area contributed by atoms with Gasteiger partial charge >= 0.3 is 6.09 Å². The third-order valence-corrected chi connectivity index (χ3v) is 3.83. The Morgan fingerprint density at radius 1 is 1.44 bits per heavy atom. The Bertz CT molecular complexity index is 329. The van der Waals surface area contributed by atoms with Gasteiger partial charge in [0.2, 0.25) is 0 Å². The molecule has 0 aromatic carbocycles. The van der Waals surface area contributed by atoms with Gasteiger partial charge in [0.1, 0.15) is 11.8 Å². The largest absolute Gasteiger partial charge is 0.444 e. The number of fused-ring (bicyclic) bond motifs is 3. The second-order valence-corrected chi connectivity index (χ2v) is 6.28. The summed E-state index contributed by atoms with van der Waals surface area (Å²) in [6.45, 7) is 5.22. The van der Waals surface area contributed by atoms with Crippen molar-refractivity contribution in [1.29, 1.82) is 0 Å². The normalized spacial score (nSPS) is 35.7. The van der Waals surface area contributed by atoms with Crippen LogP contribution in [0.2, 0.25) is 0 Å². The summed E-state index contributed by atoms with van der Waals surface area (Å²) >= 11 is 0. The van der Waals surface area contributed by atoms with E-state index in [0.717, 1.165) is 12.8 Å². The van der Waals surface area contributed by atoms with Gasteiger partial charge in [-0.05, 0) is 40.0 Å². The van der Waals surface area contributed by atoms with Crippen molar-refractivity contribution >= 4 is 6.09 Å². The van der Waals surface area contributed by atoms with Gasteiger partial charge in [-0.3, -0.25) is 4.90 Å². The fraction of sp³-hybridized carbons (Fsp3) is 0.923. The molecule has 5 heteroatoms. The number of nitrogens with zero attached hydrogens (tertiary/aromatic N) is 1. The molecule has 3 fully saturated rings.